The van der Waals surface area contributed by atoms with Crippen molar-refractivity contribution >= 4 is 33.3 Å². The number of nitrogens with zero attached hydrogens (tertiary/aromatic N) is 1. The van der Waals surface area contributed by atoms with Gasteiger partial charge in [-0.2, -0.15) is 0 Å². The number of rotatable bonds is 2. The molecule has 0 aromatic heterocycles. The van der Waals surface area contributed by atoms with Crippen LogP contribution in [0.2, 0.25) is 0 Å². The van der Waals surface area contributed by atoms with Gasteiger partial charge in [-0.25, -0.2) is 13.2 Å². The third-order valence-corrected chi connectivity index (χ3v) is 6.19. The van der Waals surface area contributed by atoms with Crippen molar-refractivity contribution in [1.82, 2.24) is 4.90 Å². The fourth-order valence-electron chi connectivity index (χ4n) is 2.37. The van der Waals surface area contributed by atoms with Gasteiger partial charge in [-0.3, -0.25) is 4.79 Å². The Hall–Kier alpha value is -1.08. The minimum absolute atomic E-state index is 0.155. The van der Waals surface area contributed by atoms with Crippen LogP contribution in [0.1, 0.15) is 13.3 Å². The summed E-state index contributed by atoms with van der Waals surface area (Å²) < 4.78 is 22.6. The van der Waals surface area contributed by atoms with E-state index in [1.54, 1.807) is 0 Å². The first-order chi connectivity index (χ1) is 7.77. The summed E-state index contributed by atoms with van der Waals surface area (Å²) in [5.41, 5.74) is 0.976. The van der Waals surface area contributed by atoms with Crippen LogP contribution in [0.3, 0.4) is 0 Å². The van der Waals surface area contributed by atoms with Crippen molar-refractivity contribution in [3.8, 4) is 0 Å². The summed E-state index contributed by atoms with van der Waals surface area (Å²) in [7, 11) is -3.76. The lowest BCUT2D eigenvalue weighted by Crippen LogP contribution is -2.57. The Morgan fingerprint density at radius 1 is 1.65 bits per heavy atom. The van der Waals surface area contributed by atoms with Crippen molar-refractivity contribution in [2.45, 2.75) is 29.5 Å². The number of aliphatic carboxylic acids is 1. The maximum absolute atomic E-state index is 12.2. The van der Waals surface area contributed by atoms with Crippen molar-refractivity contribution in [3.63, 3.8) is 0 Å². The molecule has 0 aliphatic carbocycles. The van der Waals surface area contributed by atoms with Crippen LogP contribution in [0.15, 0.2) is 11.6 Å². The highest BCUT2D eigenvalue weighted by Crippen LogP contribution is 2.46. The van der Waals surface area contributed by atoms with Crippen molar-refractivity contribution < 1.29 is 23.1 Å². The van der Waals surface area contributed by atoms with Crippen LogP contribution < -0.4 is 0 Å². The van der Waals surface area contributed by atoms with Gasteiger partial charge in [0.25, 0.3) is 0 Å². The summed E-state index contributed by atoms with van der Waals surface area (Å²) in [5, 5.41) is 8.08. The number of sulfone groups is 1. The first-order valence-corrected chi connectivity index (χ1v) is 6.81. The molecule has 0 aromatic rings. The zero-order valence-electron chi connectivity index (χ0n) is 8.83. The summed E-state index contributed by atoms with van der Waals surface area (Å²) in [5.74, 6) is -1.81. The van der Waals surface area contributed by atoms with Crippen LogP contribution in [-0.4, -0.2) is 46.5 Å². The van der Waals surface area contributed by atoms with Gasteiger partial charge in [0.05, 0.1) is 6.42 Å². The zero-order chi connectivity index (χ0) is 13.0. The molecule has 2 rings (SSSR count). The van der Waals surface area contributed by atoms with E-state index in [4.69, 9.17) is 16.7 Å². The number of carbonyl (C=O) groups is 2. The average Bonchev–Trinajstić information content (AvgIpc) is 2.33. The molecule has 1 amide bonds. The molecular formula is C9H10ClNO5S. The molecule has 2 aliphatic rings. The van der Waals surface area contributed by atoms with Crippen molar-refractivity contribution in [3.05, 3.63) is 11.6 Å². The summed E-state index contributed by atoms with van der Waals surface area (Å²) in [4.78, 5) is 23.4. The zero-order valence-corrected chi connectivity index (χ0v) is 10.4. The number of amides is 1. The minimum atomic E-state index is -3.76. The Kier molecular flexibility index (Phi) is 2.52. The van der Waals surface area contributed by atoms with E-state index in [-0.39, 0.29) is 6.42 Å². The summed E-state index contributed by atoms with van der Waals surface area (Å²) in [6.45, 7) is 1.27. The molecule has 0 unspecified atom stereocenters. The summed E-state index contributed by atoms with van der Waals surface area (Å²) in [6.07, 6.45) is 0.964. The Labute approximate surface area is 103 Å². The summed E-state index contributed by atoms with van der Waals surface area (Å²) >= 11 is 5.38. The first kappa shape index (κ1) is 12.4. The van der Waals surface area contributed by atoms with Crippen LogP contribution in [0.25, 0.3) is 0 Å². The quantitative estimate of drug-likeness (QED) is 0.715. The van der Waals surface area contributed by atoms with Gasteiger partial charge in [-0.1, -0.05) is 11.6 Å². The number of carboxylic acid groups (broad SMARTS) is 1. The molecule has 2 saturated heterocycles. The van der Waals surface area contributed by atoms with E-state index in [9.17, 15) is 18.0 Å². The Balaban J connectivity index is 2.63. The van der Waals surface area contributed by atoms with Gasteiger partial charge in [0.1, 0.15) is 10.1 Å². The highest BCUT2D eigenvalue weighted by molar-refractivity contribution is 7.94. The molecule has 3 atom stereocenters. The Morgan fingerprint density at radius 2 is 2.24 bits per heavy atom. The van der Waals surface area contributed by atoms with Gasteiger partial charge in [-0.15, -0.1) is 0 Å². The molecule has 0 saturated carbocycles. The predicted octanol–water partition coefficient (Wildman–Crippen LogP) is -0.0624. The SMILES string of the molecule is C[C@]1(/C=C/Cl)[C@H](C(=O)O)N2C(=O)C[C@H]2S1(=O)=O. The molecule has 2 heterocycles. The molecular weight excluding hydrogens is 270 g/mol. The number of fused-ring (bicyclic) bond motifs is 1. The highest BCUT2D eigenvalue weighted by atomic mass is 35.5. The highest BCUT2D eigenvalue weighted by Gasteiger charge is 2.68. The van der Waals surface area contributed by atoms with Crippen LogP contribution in [0, 0.1) is 0 Å². The number of hydrogen-bond acceptors (Lipinski definition) is 4. The normalized spacial score (nSPS) is 39.2. The Bertz CT molecular complexity index is 528. The number of carboxylic acids is 1. The van der Waals surface area contributed by atoms with Gasteiger partial charge >= 0.3 is 5.97 Å². The fourth-order valence-corrected chi connectivity index (χ4v) is 4.98. The van der Waals surface area contributed by atoms with E-state index in [0.717, 1.165) is 16.5 Å². The van der Waals surface area contributed by atoms with E-state index < -0.39 is 37.9 Å². The lowest BCUT2D eigenvalue weighted by atomic mass is 9.97. The molecule has 94 valence electrons. The average molecular weight is 280 g/mol. The standard InChI is InChI=1S/C9H10ClNO5S/c1-9(2-3-10)7(8(13)14)11-5(12)4-6(11)17(9,15)16/h2-3,6-7H,4H2,1H3,(H,13,14)/b3-2+/t6-,7+,9+/m1/s1. The molecule has 8 heteroatoms. The van der Waals surface area contributed by atoms with Gasteiger partial charge in [0, 0.05) is 5.54 Å². The van der Waals surface area contributed by atoms with Gasteiger partial charge in [-0.05, 0) is 13.0 Å². The Morgan fingerprint density at radius 3 is 2.65 bits per heavy atom. The minimum Gasteiger partial charge on any atom is -0.480 e. The maximum atomic E-state index is 12.2. The van der Waals surface area contributed by atoms with Crippen LogP contribution in [0.4, 0.5) is 0 Å². The number of carbonyl (C=O) groups excluding carboxylic acids is 1. The number of halogens is 1. The largest absolute Gasteiger partial charge is 0.480 e. The molecule has 17 heavy (non-hydrogen) atoms. The molecule has 1 N–H and O–H groups in total. The third kappa shape index (κ3) is 1.29. The molecule has 0 aromatic carbocycles. The molecule has 0 bridgehead atoms. The molecule has 6 nitrogen and oxygen atoms in total. The summed E-state index contributed by atoms with van der Waals surface area (Å²) in [6, 6.07) is -1.41. The van der Waals surface area contributed by atoms with Crippen molar-refractivity contribution in [2.75, 3.05) is 0 Å². The smallest absolute Gasteiger partial charge is 0.328 e. The van der Waals surface area contributed by atoms with Crippen LogP contribution >= 0.6 is 11.6 Å². The number of β-lactam (4-membered cyclic amide) rings is 1. The topological polar surface area (TPSA) is 91.8 Å². The van der Waals surface area contributed by atoms with Crippen molar-refractivity contribution in [2.24, 2.45) is 0 Å². The monoisotopic (exact) mass is 279 g/mol. The molecule has 2 fully saturated rings. The van der Waals surface area contributed by atoms with Gasteiger partial charge in [0.15, 0.2) is 15.9 Å². The van der Waals surface area contributed by atoms with Gasteiger partial charge in [0.2, 0.25) is 5.91 Å². The van der Waals surface area contributed by atoms with Crippen molar-refractivity contribution in [1.29, 1.82) is 0 Å². The fraction of sp³-hybridized carbons (Fsp3) is 0.556. The van der Waals surface area contributed by atoms with E-state index in [0.29, 0.717) is 0 Å². The molecule has 0 spiro atoms. The lowest BCUT2D eigenvalue weighted by molar-refractivity contribution is -0.157. The van der Waals surface area contributed by atoms with E-state index in [1.165, 1.54) is 6.92 Å². The van der Waals surface area contributed by atoms with Crippen LogP contribution in [-0.2, 0) is 19.4 Å². The molecule has 2 aliphatic heterocycles. The molecule has 0 radical (unpaired) electrons. The van der Waals surface area contributed by atoms with E-state index in [1.807, 2.05) is 0 Å². The maximum Gasteiger partial charge on any atom is 0.328 e. The van der Waals surface area contributed by atoms with Crippen LogP contribution in [0.5, 0.6) is 0 Å². The number of hydrogen-bond donors (Lipinski definition) is 1. The predicted molar refractivity (Wildman–Crippen MR) is 59.0 cm³/mol. The second-order valence-electron chi connectivity index (χ2n) is 4.22. The van der Waals surface area contributed by atoms with Gasteiger partial charge < -0.3 is 10.0 Å². The van der Waals surface area contributed by atoms with E-state index >= 15 is 0 Å². The second-order valence-corrected chi connectivity index (χ2v) is 6.99. The van der Waals surface area contributed by atoms with E-state index in [2.05, 4.69) is 0 Å². The lowest BCUT2D eigenvalue weighted by Gasteiger charge is -2.35. The second kappa shape index (κ2) is 3.46. The first-order valence-electron chi connectivity index (χ1n) is 4.82. The third-order valence-electron chi connectivity index (χ3n) is 3.37.